The number of nitrogens with zero attached hydrogens (tertiary/aromatic N) is 1. The summed E-state index contributed by atoms with van der Waals surface area (Å²) in [6.07, 6.45) is -1.43. The Morgan fingerprint density at radius 1 is 1.20 bits per heavy atom. The van der Waals surface area contributed by atoms with Gasteiger partial charge in [0.15, 0.2) is 0 Å². The fourth-order valence-corrected chi connectivity index (χ4v) is 2.40. The molecule has 20 heavy (non-hydrogen) atoms. The maximum Gasteiger partial charge on any atom is 0.226 e. The molecule has 2 atom stereocenters. The number of β-amino-alcohol motifs (C(OH)–C–C–N with tert-alkyl or cyclic N) is 2. The van der Waals surface area contributed by atoms with Crippen LogP contribution in [0.5, 0.6) is 5.75 Å². The molecule has 0 aromatic heterocycles. The number of aryl methyl sites for hydroxylation is 2. The zero-order valence-corrected chi connectivity index (χ0v) is 11.9. The summed E-state index contributed by atoms with van der Waals surface area (Å²) in [6, 6.07) is 5.92. The molecule has 110 valence electrons. The van der Waals surface area contributed by atoms with E-state index >= 15 is 0 Å². The summed E-state index contributed by atoms with van der Waals surface area (Å²) in [5.41, 5.74) is 2.24. The Morgan fingerprint density at radius 3 is 2.30 bits per heavy atom. The number of ether oxygens (including phenoxy) is 1. The van der Waals surface area contributed by atoms with Crippen LogP contribution in [0.1, 0.15) is 17.5 Å². The van der Waals surface area contributed by atoms with Crippen LogP contribution in [0.25, 0.3) is 0 Å². The van der Waals surface area contributed by atoms with Gasteiger partial charge in [-0.1, -0.05) is 6.07 Å². The van der Waals surface area contributed by atoms with Crippen LogP contribution in [-0.2, 0) is 4.79 Å². The van der Waals surface area contributed by atoms with Crippen LogP contribution in [0.15, 0.2) is 18.2 Å². The number of aliphatic hydroxyl groups is 2. The molecule has 2 N–H and O–H groups in total. The first-order valence-corrected chi connectivity index (χ1v) is 6.80. The van der Waals surface area contributed by atoms with Crippen molar-refractivity contribution in [3.63, 3.8) is 0 Å². The van der Waals surface area contributed by atoms with Crippen LogP contribution in [0.4, 0.5) is 0 Å². The SMILES string of the molecule is Cc1cc(C)cc(OCCC(=O)N2C[C@@H](O)[C@@H](O)C2)c1. The molecule has 1 saturated heterocycles. The van der Waals surface area contributed by atoms with Crippen molar-refractivity contribution in [1.29, 1.82) is 0 Å². The molecule has 1 fully saturated rings. The van der Waals surface area contributed by atoms with Gasteiger partial charge < -0.3 is 19.8 Å². The first kappa shape index (κ1) is 14.8. The Hall–Kier alpha value is -1.59. The first-order valence-electron chi connectivity index (χ1n) is 6.80. The molecule has 5 heteroatoms. The van der Waals surface area contributed by atoms with Gasteiger partial charge >= 0.3 is 0 Å². The van der Waals surface area contributed by atoms with E-state index in [0.717, 1.165) is 16.9 Å². The average Bonchev–Trinajstić information content (AvgIpc) is 2.68. The van der Waals surface area contributed by atoms with E-state index < -0.39 is 12.2 Å². The summed E-state index contributed by atoms with van der Waals surface area (Å²) in [6.45, 7) is 4.69. The molecule has 0 bridgehead atoms. The van der Waals surface area contributed by atoms with Gasteiger partial charge in [-0.05, 0) is 37.1 Å². The Bertz CT molecular complexity index is 459. The van der Waals surface area contributed by atoms with E-state index in [1.165, 1.54) is 4.90 Å². The number of hydrogen-bond donors (Lipinski definition) is 2. The molecule has 5 nitrogen and oxygen atoms in total. The number of amides is 1. The molecular weight excluding hydrogens is 258 g/mol. The molecule has 0 aliphatic carbocycles. The smallest absolute Gasteiger partial charge is 0.226 e. The number of benzene rings is 1. The van der Waals surface area contributed by atoms with Crippen molar-refractivity contribution in [2.75, 3.05) is 19.7 Å². The normalized spacial score (nSPS) is 22.1. The van der Waals surface area contributed by atoms with Gasteiger partial charge in [0.1, 0.15) is 5.75 Å². The summed E-state index contributed by atoms with van der Waals surface area (Å²) in [5.74, 6) is 0.654. The molecule has 0 radical (unpaired) electrons. The minimum absolute atomic E-state index is 0.107. The number of carbonyl (C=O) groups is 1. The third-order valence-electron chi connectivity index (χ3n) is 3.39. The third-order valence-corrected chi connectivity index (χ3v) is 3.39. The van der Waals surface area contributed by atoms with E-state index in [2.05, 4.69) is 6.07 Å². The van der Waals surface area contributed by atoms with Gasteiger partial charge in [0.05, 0.1) is 25.2 Å². The van der Waals surface area contributed by atoms with Crippen LogP contribution in [0, 0.1) is 13.8 Å². The predicted molar refractivity (Wildman–Crippen MR) is 74.6 cm³/mol. The van der Waals surface area contributed by atoms with Crippen LogP contribution in [-0.4, -0.2) is 52.9 Å². The summed E-state index contributed by atoms with van der Waals surface area (Å²) >= 11 is 0. The number of likely N-dealkylation sites (tertiary alicyclic amines) is 1. The summed E-state index contributed by atoms with van der Waals surface area (Å²) in [5, 5.41) is 18.8. The highest BCUT2D eigenvalue weighted by molar-refractivity contribution is 5.76. The fraction of sp³-hybridized carbons (Fsp3) is 0.533. The minimum Gasteiger partial charge on any atom is -0.493 e. The van der Waals surface area contributed by atoms with Gasteiger partial charge in [-0.25, -0.2) is 0 Å². The van der Waals surface area contributed by atoms with E-state index in [9.17, 15) is 15.0 Å². The van der Waals surface area contributed by atoms with E-state index in [-0.39, 0.29) is 25.4 Å². The molecule has 1 amide bonds. The zero-order valence-electron chi connectivity index (χ0n) is 11.9. The van der Waals surface area contributed by atoms with Crippen LogP contribution in [0.3, 0.4) is 0 Å². The molecule has 0 saturated carbocycles. The molecule has 0 unspecified atom stereocenters. The maximum absolute atomic E-state index is 11.9. The van der Waals surface area contributed by atoms with Crippen LogP contribution >= 0.6 is 0 Å². The first-order chi connectivity index (χ1) is 9.45. The van der Waals surface area contributed by atoms with E-state index in [4.69, 9.17) is 4.74 Å². The minimum atomic E-state index is -0.834. The largest absolute Gasteiger partial charge is 0.493 e. The van der Waals surface area contributed by atoms with Crippen molar-refractivity contribution in [2.24, 2.45) is 0 Å². The Kier molecular flexibility index (Phi) is 4.62. The van der Waals surface area contributed by atoms with E-state index in [1.54, 1.807) is 0 Å². The van der Waals surface area contributed by atoms with Gasteiger partial charge in [-0.2, -0.15) is 0 Å². The second-order valence-corrected chi connectivity index (χ2v) is 5.36. The van der Waals surface area contributed by atoms with Crippen LogP contribution < -0.4 is 4.74 Å². The quantitative estimate of drug-likeness (QED) is 0.848. The van der Waals surface area contributed by atoms with Crippen LogP contribution in [0.2, 0.25) is 0 Å². The molecule has 1 aromatic carbocycles. The lowest BCUT2D eigenvalue weighted by Gasteiger charge is -2.15. The van der Waals surface area contributed by atoms with E-state index in [0.29, 0.717) is 6.61 Å². The molecule has 1 aromatic rings. The Labute approximate surface area is 118 Å². The Balaban J connectivity index is 1.79. The molecule has 0 spiro atoms. The molecular formula is C15H21NO4. The van der Waals surface area contributed by atoms with Crippen molar-refractivity contribution < 1.29 is 19.7 Å². The maximum atomic E-state index is 11.9. The predicted octanol–water partition coefficient (Wildman–Crippen LogP) is 0.636. The van der Waals surface area contributed by atoms with Gasteiger partial charge in [0, 0.05) is 13.1 Å². The lowest BCUT2D eigenvalue weighted by Crippen LogP contribution is -2.30. The van der Waals surface area contributed by atoms with Gasteiger partial charge in [-0.15, -0.1) is 0 Å². The number of hydrogen-bond acceptors (Lipinski definition) is 4. The average molecular weight is 279 g/mol. The second kappa shape index (κ2) is 6.24. The lowest BCUT2D eigenvalue weighted by molar-refractivity contribution is -0.131. The monoisotopic (exact) mass is 279 g/mol. The Morgan fingerprint density at radius 2 is 1.75 bits per heavy atom. The molecule has 2 rings (SSSR count). The zero-order chi connectivity index (χ0) is 14.7. The number of aliphatic hydroxyl groups excluding tert-OH is 2. The van der Waals surface area contributed by atoms with Gasteiger partial charge in [0.25, 0.3) is 0 Å². The van der Waals surface area contributed by atoms with E-state index in [1.807, 2.05) is 26.0 Å². The topological polar surface area (TPSA) is 70.0 Å². The third kappa shape index (κ3) is 3.71. The summed E-state index contributed by atoms with van der Waals surface area (Å²) in [7, 11) is 0. The molecule has 1 aliphatic rings. The summed E-state index contributed by atoms with van der Waals surface area (Å²) in [4.78, 5) is 13.4. The lowest BCUT2D eigenvalue weighted by atomic mass is 10.1. The second-order valence-electron chi connectivity index (χ2n) is 5.36. The number of rotatable bonds is 4. The fourth-order valence-electron chi connectivity index (χ4n) is 2.40. The highest BCUT2D eigenvalue weighted by atomic mass is 16.5. The molecule has 1 aliphatic heterocycles. The van der Waals surface area contributed by atoms with Gasteiger partial charge in [0.2, 0.25) is 5.91 Å². The standard InChI is InChI=1S/C15H21NO4/c1-10-5-11(2)7-12(6-10)20-4-3-15(19)16-8-13(17)14(18)9-16/h5-7,13-14,17-18H,3-4,8-9H2,1-2H3/t13-,14+. The highest BCUT2D eigenvalue weighted by Gasteiger charge is 2.32. The number of carbonyl (C=O) groups excluding carboxylic acids is 1. The van der Waals surface area contributed by atoms with Crippen molar-refractivity contribution in [3.8, 4) is 5.75 Å². The van der Waals surface area contributed by atoms with Gasteiger partial charge in [-0.3, -0.25) is 4.79 Å². The van der Waals surface area contributed by atoms with Crippen molar-refractivity contribution >= 4 is 5.91 Å². The summed E-state index contributed by atoms with van der Waals surface area (Å²) < 4.78 is 5.58. The van der Waals surface area contributed by atoms with Crippen molar-refractivity contribution in [2.45, 2.75) is 32.5 Å². The van der Waals surface area contributed by atoms with Crippen molar-refractivity contribution in [3.05, 3.63) is 29.3 Å². The highest BCUT2D eigenvalue weighted by Crippen LogP contribution is 2.17. The van der Waals surface area contributed by atoms with Crippen molar-refractivity contribution in [1.82, 2.24) is 4.90 Å². The molecule has 1 heterocycles.